The molecule has 2 unspecified atom stereocenters. The summed E-state index contributed by atoms with van der Waals surface area (Å²) in [7, 11) is 1.61. The number of hydrogen-bond acceptors (Lipinski definition) is 3. The molecule has 1 rings (SSSR count). The van der Waals surface area contributed by atoms with Crippen LogP contribution in [0.1, 0.15) is 18.5 Å². The highest BCUT2D eigenvalue weighted by atomic mass is 79.9. The van der Waals surface area contributed by atoms with Gasteiger partial charge in [-0.2, -0.15) is 0 Å². The number of benzene rings is 1. The second-order valence-corrected chi connectivity index (χ2v) is 4.01. The van der Waals surface area contributed by atoms with E-state index in [9.17, 15) is 5.11 Å². The minimum atomic E-state index is -0.570. The summed E-state index contributed by atoms with van der Waals surface area (Å²) in [5, 5.41) is 9.35. The van der Waals surface area contributed by atoms with Crippen LogP contribution < -0.4 is 10.5 Å². The Balaban J connectivity index is 2.99. The summed E-state index contributed by atoms with van der Waals surface area (Å²) >= 11 is 3.39. The largest absolute Gasteiger partial charge is 0.497 e. The van der Waals surface area contributed by atoms with Gasteiger partial charge in [-0.3, -0.25) is 0 Å². The molecular formula is C10H14BrNO2. The van der Waals surface area contributed by atoms with Crippen LogP contribution in [-0.4, -0.2) is 18.3 Å². The molecular weight excluding hydrogens is 246 g/mol. The number of nitrogens with two attached hydrogens (primary N) is 1. The van der Waals surface area contributed by atoms with Crippen LogP contribution in [0.25, 0.3) is 0 Å². The second kappa shape index (κ2) is 4.77. The first-order valence-corrected chi connectivity index (χ1v) is 5.12. The summed E-state index contributed by atoms with van der Waals surface area (Å²) in [6.07, 6.45) is -0.570. The van der Waals surface area contributed by atoms with E-state index in [0.717, 1.165) is 15.8 Å². The van der Waals surface area contributed by atoms with E-state index in [0.29, 0.717) is 0 Å². The lowest BCUT2D eigenvalue weighted by molar-refractivity contribution is 0.164. The highest BCUT2D eigenvalue weighted by Crippen LogP contribution is 2.27. The van der Waals surface area contributed by atoms with Crippen LogP contribution in [-0.2, 0) is 0 Å². The molecule has 0 aromatic heterocycles. The van der Waals surface area contributed by atoms with Gasteiger partial charge in [0.2, 0.25) is 0 Å². The summed E-state index contributed by atoms with van der Waals surface area (Å²) in [5.74, 6) is 0.762. The molecule has 0 amide bonds. The highest BCUT2D eigenvalue weighted by molar-refractivity contribution is 9.10. The lowest BCUT2D eigenvalue weighted by atomic mass is 10.0. The van der Waals surface area contributed by atoms with Gasteiger partial charge in [0, 0.05) is 4.47 Å². The average Bonchev–Trinajstić information content (AvgIpc) is 2.16. The monoisotopic (exact) mass is 259 g/mol. The normalized spacial score (nSPS) is 14.9. The summed E-state index contributed by atoms with van der Waals surface area (Å²) in [5.41, 5.74) is 6.69. The first-order chi connectivity index (χ1) is 6.56. The van der Waals surface area contributed by atoms with Crippen molar-refractivity contribution in [1.29, 1.82) is 0 Å². The predicted octanol–water partition coefficient (Wildman–Crippen LogP) is 1.84. The van der Waals surface area contributed by atoms with Crippen molar-refractivity contribution in [3.8, 4) is 5.75 Å². The zero-order valence-corrected chi connectivity index (χ0v) is 9.78. The molecule has 0 saturated carbocycles. The molecule has 0 aliphatic rings. The fraction of sp³-hybridized carbons (Fsp3) is 0.400. The molecule has 0 radical (unpaired) electrons. The molecule has 0 spiro atoms. The number of aliphatic hydroxyl groups is 1. The van der Waals surface area contributed by atoms with Crippen molar-refractivity contribution in [2.75, 3.05) is 7.11 Å². The molecule has 0 bridgehead atoms. The zero-order chi connectivity index (χ0) is 10.7. The summed E-state index contributed by atoms with van der Waals surface area (Å²) in [4.78, 5) is 0. The minimum absolute atomic E-state index is 0.379. The van der Waals surface area contributed by atoms with Gasteiger partial charge in [0.1, 0.15) is 5.75 Å². The minimum Gasteiger partial charge on any atom is -0.497 e. The van der Waals surface area contributed by atoms with Gasteiger partial charge in [-0.25, -0.2) is 0 Å². The van der Waals surface area contributed by atoms with E-state index < -0.39 is 6.10 Å². The summed E-state index contributed by atoms with van der Waals surface area (Å²) < 4.78 is 5.91. The third kappa shape index (κ3) is 2.47. The van der Waals surface area contributed by atoms with Gasteiger partial charge in [-0.15, -0.1) is 0 Å². The maximum Gasteiger partial charge on any atom is 0.120 e. The Morgan fingerprint density at radius 3 is 2.57 bits per heavy atom. The standard InChI is InChI=1S/C10H14BrNO2/c1-6(13)10(12)8-4-3-7(14-2)5-9(8)11/h3-6,10,13H,12H2,1-2H3. The van der Waals surface area contributed by atoms with Crippen LogP contribution in [0.2, 0.25) is 0 Å². The molecule has 78 valence electrons. The van der Waals surface area contributed by atoms with Crippen molar-refractivity contribution >= 4 is 15.9 Å². The molecule has 2 atom stereocenters. The van der Waals surface area contributed by atoms with Crippen LogP contribution >= 0.6 is 15.9 Å². The van der Waals surface area contributed by atoms with Crippen LogP contribution in [0.4, 0.5) is 0 Å². The number of aliphatic hydroxyl groups excluding tert-OH is 1. The van der Waals surface area contributed by atoms with Gasteiger partial charge in [0.15, 0.2) is 0 Å². The molecule has 0 aliphatic heterocycles. The third-order valence-corrected chi connectivity index (χ3v) is 2.77. The number of halogens is 1. The van der Waals surface area contributed by atoms with Crippen LogP contribution in [0.15, 0.2) is 22.7 Å². The van der Waals surface area contributed by atoms with Gasteiger partial charge >= 0.3 is 0 Å². The lowest BCUT2D eigenvalue weighted by Gasteiger charge is -2.17. The molecule has 4 heteroatoms. The number of hydrogen-bond donors (Lipinski definition) is 2. The molecule has 0 heterocycles. The van der Waals surface area contributed by atoms with E-state index in [4.69, 9.17) is 10.5 Å². The van der Waals surface area contributed by atoms with E-state index in [1.165, 1.54) is 0 Å². The smallest absolute Gasteiger partial charge is 0.120 e. The first kappa shape index (κ1) is 11.5. The van der Waals surface area contributed by atoms with Crippen molar-refractivity contribution in [3.63, 3.8) is 0 Å². The van der Waals surface area contributed by atoms with Crippen LogP contribution in [0, 0.1) is 0 Å². The Morgan fingerprint density at radius 1 is 1.50 bits per heavy atom. The van der Waals surface area contributed by atoms with E-state index >= 15 is 0 Å². The maximum atomic E-state index is 9.35. The Hall–Kier alpha value is -0.580. The van der Waals surface area contributed by atoms with Crippen molar-refractivity contribution in [2.24, 2.45) is 5.73 Å². The van der Waals surface area contributed by atoms with Crippen molar-refractivity contribution in [2.45, 2.75) is 19.1 Å². The lowest BCUT2D eigenvalue weighted by Crippen LogP contribution is -2.23. The fourth-order valence-electron chi connectivity index (χ4n) is 1.17. The van der Waals surface area contributed by atoms with Crippen LogP contribution in [0.3, 0.4) is 0 Å². The zero-order valence-electron chi connectivity index (χ0n) is 8.20. The Labute approximate surface area is 92.0 Å². The molecule has 0 saturated heterocycles. The van der Waals surface area contributed by atoms with Gasteiger partial charge in [0.05, 0.1) is 19.3 Å². The van der Waals surface area contributed by atoms with Gasteiger partial charge in [0.25, 0.3) is 0 Å². The van der Waals surface area contributed by atoms with E-state index in [1.807, 2.05) is 18.2 Å². The Kier molecular flexibility index (Phi) is 3.92. The summed E-state index contributed by atoms with van der Waals surface area (Å²) in [6, 6.07) is 5.12. The molecule has 1 aromatic carbocycles. The number of methoxy groups -OCH3 is 1. The number of ether oxygens (including phenoxy) is 1. The van der Waals surface area contributed by atoms with Crippen molar-refractivity contribution in [3.05, 3.63) is 28.2 Å². The van der Waals surface area contributed by atoms with E-state index in [1.54, 1.807) is 14.0 Å². The van der Waals surface area contributed by atoms with Gasteiger partial charge in [-0.1, -0.05) is 22.0 Å². The molecule has 3 N–H and O–H groups in total. The molecule has 3 nitrogen and oxygen atoms in total. The fourth-order valence-corrected chi connectivity index (χ4v) is 1.79. The van der Waals surface area contributed by atoms with E-state index in [2.05, 4.69) is 15.9 Å². The highest BCUT2D eigenvalue weighted by Gasteiger charge is 2.15. The second-order valence-electron chi connectivity index (χ2n) is 3.15. The van der Waals surface area contributed by atoms with Crippen molar-refractivity contribution in [1.82, 2.24) is 0 Å². The van der Waals surface area contributed by atoms with E-state index in [-0.39, 0.29) is 6.04 Å². The summed E-state index contributed by atoms with van der Waals surface area (Å²) in [6.45, 7) is 1.67. The maximum absolute atomic E-state index is 9.35. The first-order valence-electron chi connectivity index (χ1n) is 4.33. The Bertz CT molecular complexity index is 315. The molecule has 0 aliphatic carbocycles. The topological polar surface area (TPSA) is 55.5 Å². The van der Waals surface area contributed by atoms with Crippen LogP contribution in [0.5, 0.6) is 5.75 Å². The van der Waals surface area contributed by atoms with Gasteiger partial charge in [-0.05, 0) is 24.6 Å². The molecule has 1 aromatic rings. The number of rotatable bonds is 3. The predicted molar refractivity (Wildman–Crippen MR) is 59.3 cm³/mol. The Morgan fingerprint density at radius 2 is 2.14 bits per heavy atom. The molecule has 14 heavy (non-hydrogen) atoms. The van der Waals surface area contributed by atoms with Crippen molar-refractivity contribution < 1.29 is 9.84 Å². The average molecular weight is 260 g/mol. The quantitative estimate of drug-likeness (QED) is 0.871. The molecule has 0 fully saturated rings. The SMILES string of the molecule is COc1ccc(C(N)C(C)O)c(Br)c1. The van der Waals surface area contributed by atoms with Gasteiger partial charge < -0.3 is 15.6 Å². The third-order valence-electron chi connectivity index (χ3n) is 2.09.